The van der Waals surface area contributed by atoms with E-state index >= 15 is 0 Å². The third-order valence-electron chi connectivity index (χ3n) is 2.76. The predicted octanol–water partition coefficient (Wildman–Crippen LogP) is 1.10. The molecule has 0 bridgehead atoms. The largest absolute Gasteiger partial charge is 0.379 e. The maximum Gasteiger partial charge on any atom is 0.0619 e. The Morgan fingerprint density at radius 1 is 1.57 bits per heavy atom. The highest BCUT2D eigenvalue weighted by Gasteiger charge is 2.19. The Balaban J connectivity index is 2.20. The fraction of sp³-hybridized carbons (Fsp3) is 1.00. The summed E-state index contributed by atoms with van der Waals surface area (Å²) in [6.45, 7) is 11.8. The number of morpholine rings is 1. The van der Waals surface area contributed by atoms with Gasteiger partial charge in [0.15, 0.2) is 0 Å². The molecule has 1 rings (SSSR count). The van der Waals surface area contributed by atoms with Crippen LogP contribution in [0.4, 0.5) is 0 Å². The zero-order chi connectivity index (χ0) is 10.4. The van der Waals surface area contributed by atoms with Crippen LogP contribution in [0.15, 0.2) is 0 Å². The summed E-state index contributed by atoms with van der Waals surface area (Å²) in [5, 5.41) is 3.52. The van der Waals surface area contributed by atoms with Gasteiger partial charge in [-0.05, 0) is 26.8 Å². The van der Waals surface area contributed by atoms with Gasteiger partial charge in [0.25, 0.3) is 0 Å². The van der Waals surface area contributed by atoms with Crippen molar-refractivity contribution in [1.29, 1.82) is 0 Å². The summed E-state index contributed by atoms with van der Waals surface area (Å²) >= 11 is 0. The topological polar surface area (TPSA) is 24.5 Å². The summed E-state index contributed by atoms with van der Waals surface area (Å²) in [6.07, 6.45) is 1.21. The first-order valence-corrected chi connectivity index (χ1v) is 5.79. The van der Waals surface area contributed by atoms with Crippen molar-refractivity contribution in [2.75, 3.05) is 32.8 Å². The fourth-order valence-corrected chi connectivity index (χ4v) is 1.84. The third-order valence-corrected chi connectivity index (χ3v) is 2.76. The minimum absolute atomic E-state index is 0.578. The maximum absolute atomic E-state index is 5.41. The van der Waals surface area contributed by atoms with E-state index in [1.165, 1.54) is 6.42 Å². The molecule has 1 N–H and O–H groups in total. The summed E-state index contributed by atoms with van der Waals surface area (Å²) in [4.78, 5) is 2.51. The fourth-order valence-electron chi connectivity index (χ4n) is 1.84. The minimum Gasteiger partial charge on any atom is -0.379 e. The van der Waals surface area contributed by atoms with Crippen LogP contribution in [0.2, 0.25) is 0 Å². The van der Waals surface area contributed by atoms with Crippen molar-refractivity contribution in [1.82, 2.24) is 10.2 Å². The van der Waals surface area contributed by atoms with Gasteiger partial charge >= 0.3 is 0 Å². The van der Waals surface area contributed by atoms with Crippen LogP contribution >= 0.6 is 0 Å². The number of hydrogen-bond donors (Lipinski definition) is 1. The van der Waals surface area contributed by atoms with Gasteiger partial charge in [-0.15, -0.1) is 0 Å². The van der Waals surface area contributed by atoms with Crippen LogP contribution in [-0.4, -0.2) is 49.8 Å². The smallest absolute Gasteiger partial charge is 0.0619 e. The molecule has 2 atom stereocenters. The normalized spacial score (nSPS) is 26.4. The third kappa shape index (κ3) is 3.95. The summed E-state index contributed by atoms with van der Waals surface area (Å²) in [5.41, 5.74) is 0. The minimum atomic E-state index is 0.578. The standard InChI is InChI=1S/C11H24N2O/c1-4-5-12-10(2)8-13-6-7-14-9-11(13)3/h10-12H,4-9H2,1-3H3. The molecule has 1 aliphatic heterocycles. The summed E-state index contributed by atoms with van der Waals surface area (Å²) < 4.78 is 5.41. The van der Waals surface area contributed by atoms with Gasteiger partial charge in [0.1, 0.15) is 0 Å². The van der Waals surface area contributed by atoms with Crippen molar-refractivity contribution in [3.8, 4) is 0 Å². The first kappa shape index (κ1) is 12.0. The van der Waals surface area contributed by atoms with Crippen molar-refractivity contribution >= 4 is 0 Å². The molecule has 0 aromatic rings. The lowest BCUT2D eigenvalue weighted by atomic mass is 10.2. The molecule has 0 aromatic carbocycles. The average molecular weight is 200 g/mol. The zero-order valence-corrected chi connectivity index (χ0v) is 9.75. The Morgan fingerprint density at radius 3 is 3.00 bits per heavy atom. The highest BCUT2D eigenvalue weighted by molar-refractivity contribution is 4.75. The van der Waals surface area contributed by atoms with E-state index in [2.05, 4.69) is 31.0 Å². The zero-order valence-electron chi connectivity index (χ0n) is 9.75. The van der Waals surface area contributed by atoms with Crippen LogP contribution in [0, 0.1) is 0 Å². The van der Waals surface area contributed by atoms with Gasteiger partial charge in [-0.25, -0.2) is 0 Å². The molecule has 0 aromatic heterocycles. The van der Waals surface area contributed by atoms with Gasteiger partial charge in [0, 0.05) is 25.2 Å². The molecule has 1 saturated heterocycles. The van der Waals surface area contributed by atoms with E-state index in [4.69, 9.17) is 4.74 Å². The van der Waals surface area contributed by atoms with Crippen LogP contribution in [0.3, 0.4) is 0 Å². The number of nitrogens with zero attached hydrogens (tertiary/aromatic N) is 1. The van der Waals surface area contributed by atoms with Gasteiger partial charge in [0.05, 0.1) is 13.2 Å². The van der Waals surface area contributed by atoms with Gasteiger partial charge in [-0.3, -0.25) is 4.90 Å². The van der Waals surface area contributed by atoms with E-state index in [0.717, 1.165) is 32.8 Å². The quantitative estimate of drug-likeness (QED) is 0.719. The molecule has 0 aliphatic carbocycles. The Kier molecular flexibility index (Phi) is 5.45. The number of rotatable bonds is 5. The van der Waals surface area contributed by atoms with Crippen molar-refractivity contribution in [2.24, 2.45) is 0 Å². The van der Waals surface area contributed by atoms with Gasteiger partial charge < -0.3 is 10.1 Å². The van der Waals surface area contributed by atoms with Crippen LogP contribution in [0.1, 0.15) is 27.2 Å². The molecule has 0 saturated carbocycles. The second kappa shape index (κ2) is 6.38. The van der Waals surface area contributed by atoms with E-state index in [1.807, 2.05) is 0 Å². The van der Waals surface area contributed by atoms with Crippen molar-refractivity contribution in [3.63, 3.8) is 0 Å². The molecule has 84 valence electrons. The Labute approximate surface area is 87.8 Å². The molecule has 1 aliphatic rings. The van der Waals surface area contributed by atoms with Crippen LogP contribution < -0.4 is 5.32 Å². The maximum atomic E-state index is 5.41. The monoisotopic (exact) mass is 200 g/mol. The van der Waals surface area contributed by atoms with E-state index < -0.39 is 0 Å². The molecule has 3 nitrogen and oxygen atoms in total. The molecule has 0 amide bonds. The highest BCUT2D eigenvalue weighted by atomic mass is 16.5. The van der Waals surface area contributed by atoms with Crippen LogP contribution in [0.5, 0.6) is 0 Å². The van der Waals surface area contributed by atoms with E-state index in [0.29, 0.717) is 12.1 Å². The Bertz CT molecular complexity index is 152. The second-order valence-electron chi connectivity index (χ2n) is 4.27. The van der Waals surface area contributed by atoms with Crippen molar-refractivity contribution < 1.29 is 4.74 Å². The number of nitrogens with one attached hydrogen (secondary N) is 1. The first-order valence-electron chi connectivity index (χ1n) is 5.79. The molecule has 2 unspecified atom stereocenters. The summed E-state index contributed by atoms with van der Waals surface area (Å²) in [5.74, 6) is 0. The molecule has 3 heteroatoms. The molecule has 1 heterocycles. The number of ether oxygens (including phenoxy) is 1. The molecular weight excluding hydrogens is 176 g/mol. The van der Waals surface area contributed by atoms with E-state index in [9.17, 15) is 0 Å². The number of hydrogen-bond acceptors (Lipinski definition) is 3. The van der Waals surface area contributed by atoms with Crippen molar-refractivity contribution in [3.05, 3.63) is 0 Å². The molecule has 14 heavy (non-hydrogen) atoms. The lowest BCUT2D eigenvalue weighted by Crippen LogP contribution is -2.49. The van der Waals surface area contributed by atoms with Gasteiger partial charge in [0.2, 0.25) is 0 Å². The lowest BCUT2D eigenvalue weighted by Gasteiger charge is -2.35. The summed E-state index contributed by atoms with van der Waals surface area (Å²) in [6, 6.07) is 1.17. The Morgan fingerprint density at radius 2 is 2.36 bits per heavy atom. The van der Waals surface area contributed by atoms with Gasteiger partial charge in [-0.1, -0.05) is 6.92 Å². The Hall–Kier alpha value is -0.120. The summed E-state index contributed by atoms with van der Waals surface area (Å²) in [7, 11) is 0. The molecule has 0 spiro atoms. The van der Waals surface area contributed by atoms with Gasteiger partial charge in [-0.2, -0.15) is 0 Å². The van der Waals surface area contributed by atoms with Crippen molar-refractivity contribution in [2.45, 2.75) is 39.3 Å². The molecular formula is C11H24N2O. The molecule has 1 fully saturated rings. The van der Waals surface area contributed by atoms with E-state index in [-0.39, 0.29) is 0 Å². The highest BCUT2D eigenvalue weighted by Crippen LogP contribution is 2.06. The van der Waals surface area contributed by atoms with Crippen LogP contribution in [-0.2, 0) is 4.74 Å². The lowest BCUT2D eigenvalue weighted by molar-refractivity contribution is -0.00350. The molecule has 0 radical (unpaired) electrons. The SMILES string of the molecule is CCCNC(C)CN1CCOCC1C. The van der Waals surface area contributed by atoms with E-state index in [1.54, 1.807) is 0 Å². The predicted molar refractivity (Wildman–Crippen MR) is 59.6 cm³/mol. The second-order valence-corrected chi connectivity index (χ2v) is 4.27. The van der Waals surface area contributed by atoms with Crippen LogP contribution in [0.25, 0.3) is 0 Å². The first-order chi connectivity index (χ1) is 6.74. The average Bonchev–Trinajstić information content (AvgIpc) is 2.18.